The summed E-state index contributed by atoms with van der Waals surface area (Å²) < 4.78 is 0. The van der Waals surface area contributed by atoms with E-state index in [1.165, 1.54) is 5.56 Å². The number of piperazine rings is 1. The summed E-state index contributed by atoms with van der Waals surface area (Å²) in [7, 11) is 0. The van der Waals surface area contributed by atoms with E-state index < -0.39 is 0 Å². The van der Waals surface area contributed by atoms with Crippen molar-refractivity contribution < 1.29 is 4.79 Å². The van der Waals surface area contributed by atoms with Gasteiger partial charge in [0, 0.05) is 37.6 Å². The summed E-state index contributed by atoms with van der Waals surface area (Å²) >= 11 is 0. The molecule has 1 fully saturated rings. The minimum absolute atomic E-state index is 0.0977. The van der Waals surface area contributed by atoms with Crippen LogP contribution in [0.4, 0.5) is 0 Å². The number of hydrogen-bond donors (Lipinski definition) is 1. The highest BCUT2D eigenvalue weighted by Crippen LogP contribution is 2.33. The molecular weight excluding hydrogens is 334 g/mol. The largest absolute Gasteiger partial charge is 0.340 e. The summed E-state index contributed by atoms with van der Waals surface area (Å²) in [4.78, 5) is 17.0. The van der Waals surface area contributed by atoms with Gasteiger partial charge in [0.15, 0.2) is 0 Å². The SMILES string of the molecule is CC(C)(C)C(=O)N1CCN([C@H](c2ccccc2)[C@@H](N)c2ccccc2)CC1. The fraction of sp³-hybridized carbons (Fsp3) is 0.435. The molecule has 27 heavy (non-hydrogen) atoms. The molecule has 4 heteroatoms. The maximum atomic E-state index is 12.6. The summed E-state index contributed by atoms with van der Waals surface area (Å²) in [5, 5.41) is 0. The van der Waals surface area contributed by atoms with Gasteiger partial charge >= 0.3 is 0 Å². The van der Waals surface area contributed by atoms with Gasteiger partial charge in [-0.3, -0.25) is 9.69 Å². The van der Waals surface area contributed by atoms with Crippen LogP contribution in [0.5, 0.6) is 0 Å². The van der Waals surface area contributed by atoms with Gasteiger partial charge in [-0.05, 0) is 11.1 Å². The molecule has 2 N–H and O–H groups in total. The second-order valence-corrected chi connectivity index (χ2v) is 8.37. The van der Waals surface area contributed by atoms with Crippen molar-refractivity contribution in [3.63, 3.8) is 0 Å². The summed E-state index contributed by atoms with van der Waals surface area (Å²) in [5.41, 5.74) is 8.78. The lowest BCUT2D eigenvalue weighted by Gasteiger charge is -2.43. The molecule has 1 amide bonds. The quantitative estimate of drug-likeness (QED) is 0.900. The number of hydrogen-bond acceptors (Lipinski definition) is 3. The molecule has 1 aliphatic rings. The Labute approximate surface area is 163 Å². The summed E-state index contributed by atoms with van der Waals surface area (Å²) in [6, 6.07) is 20.8. The molecule has 2 aromatic rings. The van der Waals surface area contributed by atoms with Crippen LogP contribution in [-0.4, -0.2) is 41.9 Å². The van der Waals surface area contributed by atoms with E-state index >= 15 is 0 Å². The molecular formula is C23H31N3O. The Bertz CT molecular complexity index is 731. The molecule has 0 aliphatic carbocycles. The van der Waals surface area contributed by atoms with Crippen molar-refractivity contribution in [3.05, 3.63) is 71.8 Å². The number of amides is 1. The van der Waals surface area contributed by atoms with Gasteiger partial charge in [-0.2, -0.15) is 0 Å². The lowest BCUT2D eigenvalue weighted by atomic mass is 9.91. The first-order valence-corrected chi connectivity index (χ1v) is 9.77. The smallest absolute Gasteiger partial charge is 0.228 e. The van der Waals surface area contributed by atoms with Crippen LogP contribution in [0.3, 0.4) is 0 Å². The van der Waals surface area contributed by atoms with Gasteiger partial charge in [0.1, 0.15) is 0 Å². The van der Waals surface area contributed by atoms with Crippen molar-refractivity contribution >= 4 is 5.91 Å². The van der Waals surface area contributed by atoms with Crippen molar-refractivity contribution in [2.45, 2.75) is 32.9 Å². The third-order valence-electron chi connectivity index (χ3n) is 5.30. The highest BCUT2D eigenvalue weighted by Gasteiger charge is 2.34. The van der Waals surface area contributed by atoms with E-state index in [2.05, 4.69) is 41.3 Å². The average Bonchev–Trinajstić information content (AvgIpc) is 2.69. The lowest BCUT2D eigenvalue weighted by Crippen LogP contribution is -2.53. The Kier molecular flexibility index (Phi) is 5.98. The van der Waals surface area contributed by atoms with Crippen LogP contribution in [-0.2, 0) is 4.79 Å². The molecule has 2 aromatic carbocycles. The predicted octanol–water partition coefficient (Wildman–Crippen LogP) is 3.62. The highest BCUT2D eigenvalue weighted by molar-refractivity contribution is 5.81. The van der Waals surface area contributed by atoms with Gasteiger partial charge < -0.3 is 10.6 Å². The number of nitrogens with two attached hydrogens (primary N) is 1. The van der Waals surface area contributed by atoms with Crippen molar-refractivity contribution in [1.29, 1.82) is 0 Å². The summed E-state index contributed by atoms with van der Waals surface area (Å²) in [6.07, 6.45) is 0. The Morgan fingerprint density at radius 3 is 1.81 bits per heavy atom. The van der Waals surface area contributed by atoms with Crippen LogP contribution in [0.1, 0.15) is 44.0 Å². The lowest BCUT2D eigenvalue weighted by molar-refractivity contribution is -0.141. The molecule has 1 saturated heterocycles. The van der Waals surface area contributed by atoms with Gasteiger partial charge in [-0.1, -0.05) is 81.4 Å². The fourth-order valence-electron chi connectivity index (χ4n) is 3.83. The molecule has 0 bridgehead atoms. The van der Waals surface area contributed by atoms with Crippen LogP contribution in [0, 0.1) is 5.41 Å². The summed E-state index contributed by atoms with van der Waals surface area (Å²) in [6.45, 7) is 9.13. The van der Waals surface area contributed by atoms with Gasteiger partial charge in [0.05, 0.1) is 6.04 Å². The molecule has 2 atom stereocenters. The fourth-order valence-corrected chi connectivity index (χ4v) is 3.83. The normalized spacial score (nSPS) is 18.1. The minimum Gasteiger partial charge on any atom is -0.340 e. The molecule has 0 radical (unpaired) electrons. The van der Waals surface area contributed by atoms with E-state index in [1.54, 1.807) is 0 Å². The number of rotatable bonds is 4. The third-order valence-corrected chi connectivity index (χ3v) is 5.30. The Morgan fingerprint density at radius 1 is 0.852 bits per heavy atom. The van der Waals surface area contributed by atoms with Crippen molar-refractivity contribution in [3.8, 4) is 0 Å². The van der Waals surface area contributed by atoms with Crippen LogP contribution in [0.2, 0.25) is 0 Å². The maximum absolute atomic E-state index is 12.6. The molecule has 0 saturated carbocycles. The zero-order valence-electron chi connectivity index (χ0n) is 16.6. The van der Waals surface area contributed by atoms with Crippen LogP contribution < -0.4 is 5.73 Å². The van der Waals surface area contributed by atoms with E-state index in [-0.39, 0.29) is 23.4 Å². The molecule has 1 aliphatic heterocycles. The molecule has 3 rings (SSSR count). The summed E-state index contributed by atoms with van der Waals surface area (Å²) in [5.74, 6) is 0.228. The molecule has 0 unspecified atom stereocenters. The first-order valence-electron chi connectivity index (χ1n) is 9.77. The maximum Gasteiger partial charge on any atom is 0.228 e. The van der Waals surface area contributed by atoms with Gasteiger partial charge in [-0.15, -0.1) is 0 Å². The first-order chi connectivity index (χ1) is 12.9. The Balaban J connectivity index is 1.80. The molecule has 144 valence electrons. The molecule has 0 aromatic heterocycles. The van der Waals surface area contributed by atoms with Crippen molar-refractivity contribution in [1.82, 2.24) is 9.80 Å². The predicted molar refractivity (Wildman–Crippen MR) is 110 cm³/mol. The zero-order chi connectivity index (χ0) is 19.4. The number of nitrogens with zero attached hydrogens (tertiary/aromatic N) is 2. The Morgan fingerprint density at radius 2 is 1.33 bits per heavy atom. The second-order valence-electron chi connectivity index (χ2n) is 8.37. The van der Waals surface area contributed by atoms with Gasteiger partial charge in [0.25, 0.3) is 0 Å². The molecule has 4 nitrogen and oxygen atoms in total. The van der Waals surface area contributed by atoms with Crippen LogP contribution in [0.15, 0.2) is 60.7 Å². The second kappa shape index (κ2) is 8.24. The van der Waals surface area contributed by atoms with Crippen LogP contribution >= 0.6 is 0 Å². The van der Waals surface area contributed by atoms with E-state index in [1.807, 2.05) is 49.9 Å². The van der Waals surface area contributed by atoms with E-state index in [0.717, 1.165) is 31.7 Å². The minimum atomic E-state index is -0.332. The standard InChI is InChI=1S/C23H31N3O/c1-23(2,3)22(27)26-16-14-25(15-17-26)21(19-12-8-5-9-13-19)20(24)18-10-6-4-7-11-18/h4-13,20-21H,14-17,24H2,1-3H3/t20-,21+/m0/s1. The number of carbonyl (C=O) groups is 1. The zero-order valence-corrected chi connectivity index (χ0v) is 16.6. The monoisotopic (exact) mass is 365 g/mol. The van der Waals surface area contributed by atoms with Crippen molar-refractivity contribution in [2.24, 2.45) is 11.1 Å². The molecule has 1 heterocycles. The third kappa shape index (κ3) is 4.57. The highest BCUT2D eigenvalue weighted by atomic mass is 16.2. The topological polar surface area (TPSA) is 49.6 Å². The van der Waals surface area contributed by atoms with Gasteiger partial charge in [0.2, 0.25) is 5.91 Å². The molecule has 0 spiro atoms. The first kappa shape index (κ1) is 19.6. The average molecular weight is 366 g/mol. The Hall–Kier alpha value is -2.17. The van der Waals surface area contributed by atoms with E-state index in [9.17, 15) is 4.79 Å². The van der Waals surface area contributed by atoms with E-state index in [4.69, 9.17) is 5.73 Å². The van der Waals surface area contributed by atoms with Crippen LogP contribution in [0.25, 0.3) is 0 Å². The van der Waals surface area contributed by atoms with Crippen molar-refractivity contribution in [2.75, 3.05) is 26.2 Å². The van der Waals surface area contributed by atoms with Gasteiger partial charge in [-0.25, -0.2) is 0 Å². The number of carbonyl (C=O) groups excluding carboxylic acids is 1. The van der Waals surface area contributed by atoms with E-state index in [0.29, 0.717) is 0 Å². The number of benzene rings is 2.